The zero-order valence-electron chi connectivity index (χ0n) is 13.1. The first-order chi connectivity index (χ1) is 11.7. The number of nitrogens with zero attached hydrogens (tertiary/aromatic N) is 1. The van der Waals surface area contributed by atoms with E-state index in [4.69, 9.17) is 27.9 Å². The maximum absolute atomic E-state index is 12.3. The number of methoxy groups -OCH3 is 1. The second kappa shape index (κ2) is 7.20. The van der Waals surface area contributed by atoms with Crippen LogP contribution in [0.25, 0.3) is 22.0 Å². The minimum Gasteiger partial charge on any atom is -0.464 e. The summed E-state index contributed by atoms with van der Waals surface area (Å²) in [6.45, 7) is 0. The molecule has 0 atom stereocenters. The highest BCUT2D eigenvalue weighted by Gasteiger charge is 2.20. The van der Waals surface area contributed by atoms with Gasteiger partial charge in [-0.2, -0.15) is 0 Å². The second-order valence-electron chi connectivity index (χ2n) is 5.29. The zero-order chi connectivity index (χ0) is 17.1. The van der Waals surface area contributed by atoms with E-state index in [-0.39, 0.29) is 5.69 Å². The Morgan fingerprint density at radius 1 is 1.04 bits per heavy atom. The lowest BCUT2D eigenvalue weighted by molar-refractivity contribution is 0.0595. The molecular weight excluding hydrogens is 345 g/mol. The number of pyridine rings is 1. The summed E-state index contributed by atoms with van der Waals surface area (Å²) in [6, 6.07) is 15.3. The molecule has 0 aliphatic rings. The molecule has 0 N–H and O–H groups in total. The lowest BCUT2D eigenvalue weighted by Gasteiger charge is -2.15. The molecule has 3 rings (SSSR count). The number of aromatic nitrogens is 1. The van der Waals surface area contributed by atoms with Crippen molar-refractivity contribution in [2.24, 2.45) is 0 Å². The van der Waals surface area contributed by atoms with Crippen molar-refractivity contribution >= 4 is 40.1 Å². The molecule has 1 aromatic heterocycles. The smallest absolute Gasteiger partial charge is 0.357 e. The van der Waals surface area contributed by atoms with Crippen molar-refractivity contribution < 1.29 is 9.53 Å². The number of carbonyl (C=O) groups excluding carboxylic acids is 1. The van der Waals surface area contributed by atoms with E-state index in [1.165, 1.54) is 7.11 Å². The molecule has 1 heterocycles. The number of benzene rings is 2. The fraction of sp³-hybridized carbons (Fsp3) is 0.158. The molecule has 5 heteroatoms. The molecule has 0 spiro atoms. The Morgan fingerprint density at radius 3 is 2.33 bits per heavy atom. The Hall–Kier alpha value is -2.10. The van der Waals surface area contributed by atoms with Crippen LogP contribution in [0.3, 0.4) is 0 Å². The van der Waals surface area contributed by atoms with Crippen LogP contribution in [0.4, 0.5) is 0 Å². The van der Waals surface area contributed by atoms with Crippen LogP contribution < -0.4 is 0 Å². The van der Waals surface area contributed by atoms with E-state index in [9.17, 15) is 4.79 Å². The monoisotopic (exact) mass is 359 g/mol. The lowest BCUT2D eigenvalue weighted by atomic mass is 9.93. The van der Waals surface area contributed by atoms with Crippen molar-refractivity contribution in [3.05, 3.63) is 65.4 Å². The summed E-state index contributed by atoms with van der Waals surface area (Å²) in [7, 11) is 1.35. The van der Waals surface area contributed by atoms with Crippen LogP contribution in [-0.2, 0) is 16.5 Å². The number of ether oxygens (including phenoxy) is 1. The van der Waals surface area contributed by atoms with Crippen LogP contribution in [0.5, 0.6) is 0 Å². The Morgan fingerprint density at radius 2 is 1.71 bits per heavy atom. The topological polar surface area (TPSA) is 39.2 Å². The van der Waals surface area contributed by atoms with Gasteiger partial charge in [-0.3, -0.25) is 0 Å². The Kier molecular flexibility index (Phi) is 5.03. The van der Waals surface area contributed by atoms with Gasteiger partial charge in [-0.25, -0.2) is 9.78 Å². The highest BCUT2D eigenvalue weighted by atomic mass is 35.5. The predicted molar refractivity (Wildman–Crippen MR) is 97.6 cm³/mol. The van der Waals surface area contributed by atoms with Crippen LogP contribution in [0.15, 0.2) is 48.5 Å². The van der Waals surface area contributed by atoms with Gasteiger partial charge in [0.05, 0.1) is 12.6 Å². The van der Waals surface area contributed by atoms with Crippen LogP contribution >= 0.6 is 23.2 Å². The first kappa shape index (κ1) is 16.7. The summed E-state index contributed by atoms with van der Waals surface area (Å²) in [5, 5.41) is 0.935. The minimum atomic E-state index is -0.486. The van der Waals surface area contributed by atoms with Crippen molar-refractivity contribution in [3.63, 3.8) is 0 Å². The molecule has 0 unspecified atom stereocenters. The molecule has 0 saturated carbocycles. The Labute approximate surface area is 150 Å². The number of fused-ring (bicyclic) bond motifs is 1. The normalized spacial score (nSPS) is 10.8. The van der Waals surface area contributed by atoms with Crippen LogP contribution in [0.1, 0.15) is 21.6 Å². The zero-order valence-corrected chi connectivity index (χ0v) is 14.6. The SMILES string of the molecule is COC(=O)c1nc2ccccc2cc1-c1c(CCl)cccc1CCl. The number of hydrogen-bond donors (Lipinski definition) is 0. The number of halogens is 2. The molecule has 0 aliphatic carbocycles. The third kappa shape index (κ3) is 2.97. The van der Waals surface area contributed by atoms with Gasteiger partial charge in [0, 0.05) is 22.7 Å². The van der Waals surface area contributed by atoms with Crippen molar-refractivity contribution in [1.82, 2.24) is 4.98 Å². The first-order valence-corrected chi connectivity index (χ1v) is 8.47. The molecule has 0 saturated heterocycles. The van der Waals surface area contributed by atoms with Gasteiger partial charge in [0.15, 0.2) is 5.69 Å². The van der Waals surface area contributed by atoms with E-state index in [1.807, 2.05) is 48.5 Å². The van der Waals surface area contributed by atoms with Crippen molar-refractivity contribution in [2.45, 2.75) is 11.8 Å². The summed E-state index contributed by atoms with van der Waals surface area (Å²) < 4.78 is 4.93. The van der Waals surface area contributed by atoms with E-state index in [2.05, 4.69) is 4.98 Å². The number of alkyl halides is 2. The quantitative estimate of drug-likeness (QED) is 0.476. The molecule has 0 aliphatic heterocycles. The first-order valence-electron chi connectivity index (χ1n) is 7.40. The molecular formula is C19H15Cl2NO2. The van der Waals surface area contributed by atoms with Crippen LogP contribution in [-0.4, -0.2) is 18.1 Å². The van der Waals surface area contributed by atoms with E-state index in [0.717, 1.165) is 27.6 Å². The maximum atomic E-state index is 12.3. The molecule has 3 nitrogen and oxygen atoms in total. The Balaban J connectivity index is 2.38. The van der Waals surface area contributed by atoms with Gasteiger partial charge in [0.25, 0.3) is 0 Å². The molecule has 24 heavy (non-hydrogen) atoms. The van der Waals surface area contributed by atoms with Gasteiger partial charge in [0.1, 0.15) is 0 Å². The van der Waals surface area contributed by atoms with Crippen LogP contribution in [0.2, 0.25) is 0 Å². The van der Waals surface area contributed by atoms with E-state index in [0.29, 0.717) is 17.3 Å². The number of carbonyl (C=O) groups is 1. The largest absolute Gasteiger partial charge is 0.464 e. The van der Waals surface area contributed by atoms with Gasteiger partial charge in [-0.1, -0.05) is 36.4 Å². The van der Waals surface area contributed by atoms with Crippen molar-refractivity contribution in [1.29, 1.82) is 0 Å². The third-order valence-electron chi connectivity index (χ3n) is 3.90. The van der Waals surface area contributed by atoms with Gasteiger partial charge >= 0.3 is 5.97 Å². The van der Waals surface area contributed by atoms with Crippen LogP contribution in [0, 0.1) is 0 Å². The fourth-order valence-electron chi connectivity index (χ4n) is 2.78. The maximum Gasteiger partial charge on any atom is 0.357 e. The third-order valence-corrected chi connectivity index (χ3v) is 4.47. The highest BCUT2D eigenvalue weighted by Crippen LogP contribution is 2.34. The Bertz CT molecular complexity index is 887. The van der Waals surface area contributed by atoms with Gasteiger partial charge < -0.3 is 4.74 Å². The summed E-state index contributed by atoms with van der Waals surface area (Å²) >= 11 is 12.2. The lowest BCUT2D eigenvalue weighted by Crippen LogP contribution is -2.08. The number of esters is 1. The average Bonchev–Trinajstić information content (AvgIpc) is 2.65. The molecule has 0 bridgehead atoms. The van der Waals surface area contributed by atoms with Gasteiger partial charge in [0.2, 0.25) is 0 Å². The van der Waals surface area contributed by atoms with Crippen molar-refractivity contribution in [2.75, 3.05) is 7.11 Å². The van der Waals surface area contributed by atoms with E-state index >= 15 is 0 Å². The van der Waals surface area contributed by atoms with Crippen molar-refractivity contribution in [3.8, 4) is 11.1 Å². The highest BCUT2D eigenvalue weighted by molar-refractivity contribution is 6.19. The standard InChI is InChI=1S/C19H15Cl2NO2/c1-24-19(23)18-15(9-12-5-2-3-8-16(12)22-18)17-13(10-20)6-4-7-14(17)11-21/h2-9H,10-11H2,1H3. The van der Waals surface area contributed by atoms with E-state index < -0.39 is 5.97 Å². The summed E-state index contributed by atoms with van der Waals surface area (Å²) in [4.78, 5) is 16.8. The molecule has 3 aromatic rings. The van der Waals surface area contributed by atoms with Gasteiger partial charge in [-0.05, 0) is 28.8 Å². The minimum absolute atomic E-state index is 0.264. The molecule has 0 fully saturated rings. The fourth-order valence-corrected chi connectivity index (χ4v) is 3.23. The molecule has 2 aromatic carbocycles. The average molecular weight is 360 g/mol. The van der Waals surface area contributed by atoms with Gasteiger partial charge in [-0.15, -0.1) is 23.2 Å². The molecule has 122 valence electrons. The number of hydrogen-bond acceptors (Lipinski definition) is 3. The summed E-state index contributed by atoms with van der Waals surface area (Å²) in [5.41, 5.74) is 4.33. The summed E-state index contributed by atoms with van der Waals surface area (Å²) in [5.74, 6) is 0.140. The second-order valence-corrected chi connectivity index (χ2v) is 5.82. The molecule has 0 amide bonds. The summed E-state index contributed by atoms with van der Waals surface area (Å²) in [6.07, 6.45) is 0. The van der Waals surface area contributed by atoms with E-state index in [1.54, 1.807) is 0 Å². The number of rotatable bonds is 4. The molecule has 0 radical (unpaired) electrons. The number of para-hydroxylation sites is 1. The predicted octanol–water partition coefficient (Wildman–Crippen LogP) is 5.17.